The second-order valence-electron chi connectivity index (χ2n) is 2.19. The number of carboxylic acids is 1. The summed E-state index contributed by atoms with van der Waals surface area (Å²) < 4.78 is 5.05. The Balaban J connectivity index is 2.84. The third-order valence-corrected chi connectivity index (χ3v) is 1.74. The van der Waals surface area contributed by atoms with Gasteiger partial charge in [-0.05, 0) is 19.1 Å². The molecule has 1 unspecified atom stereocenters. The van der Waals surface area contributed by atoms with E-state index in [1.807, 2.05) is 0 Å². The van der Waals surface area contributed by atoms with Crippen molar-refractivity contribution in [3.05, 3.63) is 23.7 Å². The number of thiol groups is 1. The summed E-state index contributed by atoms with van der Waals surface area (Å²) in [7, 11) is 0. The highest BCUT2D eigenvalue weighted by molar-refractivity contribution is 7.81. The molecule has 3 nitrogen and oxygen atoms in total. The van der Waals surface area contributed by atoms with E-state index >= 15 is 0 Å². The van der Waals surface area contributed by atoms with Crippen LogP contribution < -0.4 is 0 Å². The summed E-state index contributed by atoms with van der Waals surface area (Å²) in [6.07, 6.45) is 0. The van der Waals surface area contributed by atoms with Crippen LogP contribution in [-0.2, 0) is 4.79 Å². The molecule has 0 aromatic carbocycles. The van der Waals surface area contributed by atoms with E-state index in [1.165, 1.54) is 0 Å². The number of rotatable bonds is 2. The van der Waals surface area contributed by atoms with Gasteiger partial charge in [0.05, 0.1) is 0 Å². The van der Waals surface area contributed by atoms with Crippen LogP contribution in [-0.4, -0.2) is 11.1 Å². The Kier molecular flexibility index (Phi) is 2.24. The van der Waals surface area contributed by atoms with Gasteiger partial charge < -0.3 is 9.52 Å². The van der Waals surface area contributed by atoms with Gasteiger partial charge in [0.25, 0.3) is 0 Å². The van der Waals surface area contributed by atoms with Crippen molar-refractivity contribution in [1.82, 2.24) is 0 Å². The molecule has 0 saturated heterocycles. The zero-order valence-electron chi connectivity index (χ0n) is 5.94. The van der Waals surface area contributed by atoms with Crippen LogP contribution >= 0.6 is 12.6 Å². The normalized spacial score (nSPS) is 12.9. The number of hydrogen-bond acceptors (Lipinski definition) is 3. The van der Waals surface area contributed by atoms with Gasteiger partial charge in [-0.2, -0.15) is 12.6 Å². The Bertz CT molecular complexity index is 266. The van der Waals surface area contributed by atoms with Crippen LogP contribution in [0.15, 0.2) is 16.5 Å². The van der Waals surface area contributed by atoms with Gasteiger partial charge in [-0.3, -0.25) is 4.79 Å². The molecule has 0 aliphatic heterocycles. The summed E-state index contributed by atoms with van der Waals surface area (Å²) in [6, 6.07) is 3.32. The molecule has 1 aromatic rings. The van der Waals surface area contributed by atoms with Crippen molar-refractivity contribution in [3.8, 4) is 0 Å². The zero-order chi connectivity index (χ0) is 8.43. The maximum Gasteiger partial charge on any atom is 0.324 e. The highest BCUT2D eigenvalue weighted by atomic mass is 32.1. The average Bonchev–Trinajstić information content (AvgIpc) is 2.34. The van der Waals surface area contributed by atoms with Crippen LogP contribution in [0, 0.1) is 6.92 Å². The molecule has 60 valence electrons. The fraction of sp³-hybridized carbons (Fsp3) is 0.286. The summed E-state index contributed by atoms with van der Waals surface area (Å²) in [6.45, 7) is 1.76. The van der Waals surface area contributed by atoms with Crippen LogP contribution in [0.1, 0.15) is 16.8 Å². The van der Waals surface area contributed by atoms with Crippen LogP contribution in [0.2, 0.25) is 0 Å². The van der Waals surface area contributed by atoms with Crippen molar-refractivity contribution in [2.75, 3.05) is 0 Å². The van der Waals surface area contributed by atoms with Crippen molar-refractivity contribution >= 4 is 18.6 Å². The van der Waals surface area contributed by atoms with Gasteiger partial charge in [-0.25, -0.2) is 0 Å². The highest BCUT2D eigenvalue weighted by Crippen LogP contribution is 2.21. The van der Waals surface area contributed by atoms with E-state index < -0.39 is 11.2 Å². The highest BCUT2D eigenvalue weighted by Gasteiger charge is 2.17. The standard InChI is InChI=1S/C7H8O3S/c1-4-2-3-5(10-4)6(11)7(8)9/h2-3,6,11H,1H3,(H,8,9). The average molecular weight is 172 g/mol. The summed E-state index contributed by atoms with van der Waals surface area (Å²) in [5.41, 5.74) is 0. The number of carboxylic acid groups (broad SMARTS) is 1. The van der Waals surface area contributed by atoms with Crippen molar-refractivity contribution in [2.24, 2.45) is 0 Å². The largest absolute Gasteiger partial charge is 0.480 e. The lowest BCUT2D eigenvalue weighted by molar-refractivity contribution is -0.136. The van der Waals surface area contributed by atoms with Gasteiger partial charge in [0, 0.05) is 0 Å². The second-order valence-corrected chi connectivity index (χ2v) is 2.71. The van der Waals surface area contributed by atoms with Crippen molar-refractivity contribution in [1.29, 1.82) is 0 Å². The van der Waals surface area contributed by atoms with Gasteiger partial charge in [-0.15, -0.1) is 0 Å². The van der Waals surface area contributed by atoms with E-state index in [4.69, 9.17) is 9.52 Å². The lowest BCUT2D eigenvalue weighted by Gasteiger charge is -1.98. The Morgan fingerprint density at radius 2 is 2.36 bits per heavy atom. The summed E-state index contributed by atoms with van der Waals surface area (Å²) in [4.78, 5) is 10.4. The molecule has 1 rings (SSSR count). The van der Waals surface area contributed by atoms with Crippen LogP contribution in [0.5, 0.6) is 0 Å². The first-order valence-electron chi connectivity index (χ1n) is 3.08. The summed E-state index contributed by atoms with van der Waals surface area (Å²) >= 11 is 3.83. The van der Waals surface area contributed by atoms with Crippen LogP contribution in [0.3, 0.4) is 0 Å². The maximum atomic E-state index is 10.4. The first-order valence-corrected chi connectivity index (χ1v) is 3.60. The van der Waals surface area contributed by atoms with Gasteiger partial charge in [0.1, 0.15) is 11.5 Å². The minimum Gasteiger partial charge on any atom is -0.480 e. The lowest BCUT2D eigenvalue weighted by atomic mass is 10.3. The Hall–Kier alpha value is -0.900. The lowest BCUT2D eigenvalue weighted by Crippen LogP contribution is -2.03. The van der Waals surface area contributed by atoms with Crippen LogP contribution in [0.25, 0.3) is 0 Å². The maximum absolute atomic E-state index is 10.4. The summed E-state index contributed by atoms with van der Waals surface area (Å²) in [5.74, 6) is 0.0707. The molecular weight excluding hydrogens is 164 g/mol. The molecule has 0 bridgehead atoms. The van der Waals surface area contributed by atoms with Gasteiger partial charge >= 0.3 is 5.97 Å². The predicted octanol–water partition coefficient (Wildman–Crippen LogP) is 1.64. The Morgan fingerprint density at radius 3 is 2.73 bits per heavy atom. The smallest absolute Gasteiger partial charge is 0.324 e. The van der Waals surface area contributed by atoms with Gasteiger partial charge in [0.15, 0.2) is 5.25 Å². The fourth-order valence-corrected chi connectivity index (χ4v) is 0.861. The monoisotopic (exact) mass is 172 g/mol. The number of hydrogen-bond donors (Lipinski definition) is 2. The minimum atomic E-state index is -0.998. The molecule has 0 aliphatic rings. The number of aryl methyl sites for hydroxylation is 1. The molecule has 1 N–H and O–H groups in total. The van der Waals surface area contributed by atoms with Gasteiger partial charge in [-0.1, -0.05) is 0 Å². The van der Waals surface area contributed by atoms with Gasteiger partial charge in [0.2, 0.25) is 0 Å². The van der Waals surface area contributed by atoms with E-state index in [0.29, 0.717) is 11.5 Å². The number of aliphatic carboxylic acids is 1. The molecule has 0 amide bonds. The minimum absolute atomic E-state index is 0.373. The van der Waals surface area contributed by atoms with E-state index in [0.717, 1.165) is 0 Å². The first kappa shape index (κ1) is 8.20. The third-order valence-electron chi connectivity index (χ3n) is 1.26. The number of carbonyl (C=O) groups is 1. The van der Waals surface area contributed by atoms with Crippen molar-refractivity contribution < 1.29 is 14.3 Å². The fourth-order valence-electron chi connectivity index (χ4n) is 0.722. The molecule has 0 saturated carbocycles. The van der Waals surface area contributed by atoms with E-state index in [9.17, 15) is 4.79 Å². The van der Waals surface area contributed by atoms with E-state index in [2.05, 4.69) is 12.6 Å². The molecule has 1 atom stereocenters. The molecule has 0 aliphatic carbocycles. The quantitative estimate of drug-likeness (QED) is 0.667. The Labute approximate surface area is 69.4 Å². The molecule has 0 spiro atoms. The zero-order valence-corrected chi connectivity index (χ0v) is 6.84. The van der Waals surface area contributed by atoms with Crippen LogP contribution in [0.4, 0.5) is 0 Å². The molecule has 0 radical (unpaired) electrons. The van der Waals surface area contributed by atoms with Crippen molar-refractivity contribution in [2.45, 2.75) is 12.2 Å². The Morgan fingerprint density at radius 1 is 1.73 bits per heavy atom. The number of furan rings is 1. The molecule has 0 fully saturated rings. The molecule has 4 heteroatoms. The SMILES string of the molecule is Cc1ccc(C(S)C(=O)O)o1. The summed E-state index contributed by atoms with van der Waals surface area (Å²) in [5, 5.41) is 7.65. The first-order chi connectivity index (χ1) is 5.11. The molecular formula is C7H8O3S. The molecule has 1 heterocycles. The van der Waals surface area contributed by atoms with Crippen molar-refractivity contribution in [3.63, 3.8) is 0 Å². The molecule has 1 aromatic heterocycles. The third kappa shape index (κ3) is 1.77. The predicted molar refractivity (Wildman–Crippen MR) is 42.8 cm³/mol. The molecule has 11 heavy (non-hydrogen) atoms. The van der Waals surface area contributed by atoms with E-state index in [1.54, 1.807) is 19.1 Å². The second kappa shape index (κ2) is 3.00. The topological polar surface area (TPSA) is 50.4 Å². The van der Waals surface area contributed by atoms with E-state index in [-0.39, 0.29) is 0 Å².